The first-order valence-electron chi connectivity index (χ1n) is 6.77. The van der Waals surface area contributed by atoms with Gasteiger partial charge in [0.2, 0.25) is 4.96 Å². The van der Waals surface area contributed by atoms with Crippen molar-refractivity contribution in [2.45, 2.75) is 6.42 Å². The van der Waals surface area contributed by atoms with Gasteiger partial charge in [0.15, 0.2) is 5.82 Å². The van der Waals surface area contributed by atoms with Crippen LogP contribution in [0.2, 0.25) is 0 Å². The molecule has 22 heavy (non-hydrogen) atoms. The molecule has 0 bridgehead atoms. The Morgan fingerprint density at radius 2 is 2.05 bits per heavy atom. The zero-order valence-electron chi connectivity index (χ0n) is 11.5. The Hall–Kier alpha value is -2.73. The van der Waals surface area contributed by atoms with E-state index >= 15 is 0 Å². The van der Waals surface area contributed by atoms with Crippen molar-refractivity contribution >= 4 is 22.4 Å². The molecular weight excluding hydrogens is 298 g/mol. The van der Waals surface area contributed by atoms with Crippen molar-refractivity contribution in [2.75, 3.05) is 0 Å². The van der Waals surface area contributed by atoms with E-state index in [9.17, 15) is 4.79 Å². The van der Waals surface area contributed by atoms with Crippen molar-refractivity contribution in [3.8, 4) is 0 Å². The van der Waals surface area contributed by atoms with Crippen LogP contribution < -0.4 is 10.1 Å². The van der Waals surface area contributed by atoms with Crippen LogP contribution in [0.1, 0.15) is 17.1 Å². The Morgan fingerprint density at radius 3 is 2.77 bits per heavy atom. The Morgan fingerprint density at radius 1 is 1.18 bits per heavy atom. The minimum atomic E-state index is -0.164. The van der Waals surface area contributed by atoms with E-state index in [4.69, 9.17) is 4.42 Å². The Kier molecular flexibility index (Phi) is 3.08. The lowest BCUT2D eigenvalue weighted by molar-refractivity contribution is 0.556. The smallest absolute Gasteiger partial charge is 0.291 e. The summed E-state index contributed by atoms with van der Waals surface area (Å²) in [7, 11) is 0. The van der Waals surface area contributed by atoms with E-state index in [0.29, 0.717) is 27.5 Å². The van der Waals surface area contributed by atoms with Crippen LogP contribution >= 0.6 is 11.3 Å². The van der Waals surface area contributed by atoms with Gasteiger partial charge in [0.25, 0.3) is 5.56 Å². The van der Waals surface area contributed by atoms with Crippen molar-refractivity contribution in [1.82, 2.24) is 14.6 Å². The number of hydrogen-bond acceptors (Lipinski definition) is 5. The zero-order chi connectivity index (χ0) is 14.9. The second-order valence-corrected chi connectivity index (χ2v) is 5.83. The SMILES string of the molecule is O=c1/c(=C/c2ccco2)sc2nc(Cc3ccccc3)nn12. The molecule has 0 fully saturated rings. The van der Waals surface area contributed by atoms with Crippen LogP contribution in [0.5, 0.6) is 0 Å². The van der Waals surface area contributed by atoms with E-state index in [1.54, 1.807) is 24.5 Å². The second-order valence-electron chi connectivity index (χ2n) is 4.82. The summed E-state index contributed by atoms with van der Waals surface area (Å²) < 4.78 is 7.15. The number of fused-ring (bicyclic) bond motifs is 1. The Balaban J connectivity index is 1.73. The van der Waals surface area contributed by atoms with Crippen LogP contribution in [0.3, 0.4) is 0 Å². The van der Waals surface area contributed by atoms with E-state index in [1.165, 1.54) is 15.9 Å². The summed E-state index contributed by atoms with van der Waals surface area (Å²) in [6.45, 7) is 0. The molecule has 3 aromatic heterocycles. The highest BCUT2D eigenvalue weighted by molar-refractivity contribution is 7.15. The van der Waals surface area contributed by atoms with Crippen LogP contribution in [0.25, 0.3) is 11.0 Å². The molecule has 0 saturated heterocycles. The van der Waals surface area contributed by atoms with Crippen molar-refractivity contribution in [1.29, 1.82) is 0 Å². The quantitative estimate of drug-likeness (QED) is 0.580. The molecule has 0 spiro atoms. The average Bonchev–Trinajstić information content (AvgIpc) is 3.22. The number of rotatable bonds is 3. The highest BCUT2D eigenvalue weighted by Gasteiger charge is 2.11. The molecule has 1 aromatic carbocycles. The molecule has 0 amide bonds. The van der Waals surface area contributed by atoms with E-state index < -0.39 is 0 Å². The van der Waals surface area contributed by atoms with Gasteiger partial charge in [-0.1, -0.05) is 41.7 Å². The van der Waals surface area contributed by atoms with Crippen LogP contribution in [-0.2, 0) is 6.42 Å². The van der Waals surface area contributed by atoms with Gasteiger partial charge in [-0.05, 0) is 17.7 Å². The molecule has 5 nitrogen and oxygen atoms in total. The first-order chi connectivity index (χ1) is 10.8. The van der Waals surface area contributed by atoms with Crippen molar-refractivity contribution < 1.29 is 4.42 Å². The van der Waals surface area contributed by atoms with Crippen molar-refractivity contribution in [3.63, 3.8) is 0 Å². The third-order valence-electron chi connectivity index (χ3n) is 3.25. The lowest BCUT2D eigenvalue weighted by Gasteiger charge is -1.94. The summed E-state index contributed by atoms with van der Waals surface area (Å²) in [5.74, 6) is 1.30. The van der Waals surface area contributed by atoms with Gasteiger partial charge in [0, 0.05) is 12.5 Å². The van der Waals surface area contributed by atoms with Crippen LogP contribution in [0, 0.1) is 0 Å². The van der Waals surface area contributed by atoms with Gasteiger partial charge < -0.3 is 4.42 Å². The van der Waals surface area contributed by atoms with Gasteiger partial charge >= 0.3 is 0 Å². The van der Waals surface area contributed by atoms with Gasteiger partial charge in [-0.15, -0.1) is 5.10 Å². The summed E-state index contributed by atoms with van der Waals surface area (Å²) in [6, 6.07) is 13.5. The summed E-state index contributed by atoms with van der Waals surface area (Å²) >= 11 is 1.31. The third kappa shape index (κ3) is 2.33. The van der Waals surface area contributed by atoms with E-state index in [0.717, 1.165) is 5.56 Å². The summed E-state index contributed by atoms with van der Waals surface area (Å²) in [6.07, 6.45) is 3.90. The number of benzene rings is 1. The lowest BCUT2D eigenvalue weighted by atomic mass is 10.1. The molecule has 0 aliphatic carbocycles. The second kappa shape index (κ2) is 5.23. The summed E-state index contributed by atoms with van der Waals surface area (Å²) in [5.41, 5.74) is 0.957. The fourth-order valence-corrected chi connectivity index (χ4v) is 3.14. The predicted molar refractivity (Wildman–Crippen MR) is 83.9 cm³/mol. The fourth-order valence-electron chi connectivity index (χ4n) is 2.23. The molecule has 0 saturated carbocycles. The number of thiazole rings is 1. The lowest BCUT2D eigenvalue weighted by Crippen LogP contribution is -2.23. The van der Waals surface area contributed by atoms with E-state index in [2.05, 4.69) is 10.1 Å². The average molecular weight is 309 g/mol. The monoisotopic (exact) mass is 309 g/mol. The molecule has 6 heteroatoms. The Labute approximate surface area is 129 Å². The number of nitrogens with zero attached hydrogens (tertiary/aromatic N) is 3. The van der Waals surface area contributed by atoms with Crippen LogP contribution in [0.15, 0.2) is 57.9 Å². The predicted octanol–water partition coefficient (Wildman–Crippen LogP) is 1.88. The first kappa shape index (κ1) is 13.0. The fraction of sp³-hybridized carbons (Fsp3) is 0.0625. The third-order valence-corrected chi connectivity index (χ3v) is 4.21. The molecule has 4 aromatic rings. The summed E-state index contributed by atoms with van der Waals surface area (Å²) in [5, 5.41) is 4.31. The van der Waals surface area contributed by atoms with Crippen LogP contribution in [-0.4, -0.2) is 14.6 Å². The molecule has 0 aliphatic rings. The Bertz CT molecular complexity index is 1020. The molecule has 0 radical (unpaired) electrons. The molecular formula is C16H11N3O2S. The molecule has 0 unspecified atom stereocenters. The highest BCUT2D eigenvalue weighted by atomic mass is 32.1. The molecule has 108 valence electrons. The minimum Gasteiger partial charge on any atom is -0.465 e. The largest absolute Gasteiger partial charge is 0.465 e. The standard InChI is InChI=1S/C16H11N3O2S/c20-15-13(10-12-7-4-8-21-12)22-16-17-14(18-19(15)16)9-11-5-2-1-3-6-11/h1-8,10H,9H2/b13-10-. The maximum absolute atomic E-state index is 12.3. The molecule has 4 rings (SSSR count). The van der Waals surface area contributed by atoms with Gasteiger partial charge in [0.1, 0.15) is 10.3 Å². The normalized spacial score (nSPS) is 12.3. The zero-order valence-corrected chi connectivity index (χ0v) is 12.3. The van der Waals surface area contributed by atoms with E-state index in [1.807, 2.05) is 30.3 Å². The van der Waals surface area contributed by atoms with Gasteiger partial charge in [0.05, 0.1) is 6.26 Å². The molecule has 0 atom stereocenters. The molecule has 3 heterocycles. The summed E-state index contributed by atoms with van der Waals surface area (Å²) in [4.78, 5) is 17.4. The van der Waals surface area contributed by atoms with Crippen molar-refractivity contribution in [3.05, 3.63) is 80.8 Å². The molecule has 0 N–H and O–H groups in total. The van der Waals surface area contributed by atoms with Gasteiger partial charge in [-0.2, -0.15) is 4.52 Å². The first-order valence-corrected chi connectivity index (χ1v) is 7.59. The highest BCUT2D eigenvalue weighted by Crippen LogP contribution is 2.08. The van der Waals surface area contributed by atoms with Gasteiger partial charge in [-0.3, -0.25) is 4.79 Å². The maximum atomic E-state index is 12.3. The molecule has 0 aliphatic heterocycles. The minimum absolute atomic E-state index is 0.164. The maximum Gasteiger partial charge on any atom is 0.291 e. The van der Waals surface area contributed by atoms with Gasteiger partial charge in [-0.25, -0.2) is 4.98 Å². The number of aromatic nitrogens is 3. The number of furan rings is 1. The number of hydrogen-bond donors (Lipinski definition) is 0. The van der Waals surface area contributed by atoms with Crippen molar-refractivity contribution in [2.24, 2.45) is 0 Å². The van der Waals surface area contributed by atoms with E-state index in [-0.39, 0.29) is 5.56 Å². The van der Waals surface area contributed by atoms with Crippen LogP contribution in [0.4, 0.5) is 0 Å². The topological polar surface area (TPSA) is 60.4 Å².